The van der Waals surface area contributed by atoms with Crippen molar-refractivity contribution < 1.29 is 13.2 Å². The van der Waals surface area contributed by atoms with Crippen LogP contribution in [0.25, 0.3) is 0 Å². The Morgan fingerprint density at radius 1 is 1.40 bits per heavy atom. The molecule has 0 saturated heterocycles. The zero-order valence-electron chi connectivity index (χ0n) is 11.4. The summed E-state index contributed by atoms with van der Waals surface area (Å²) < 4.78 is 31.1. The van der Waals surface area contributed by atoms with E-state index in [1.807, 2.05) is 6.07 Å². The number of hydrogen-bond acceptors (Lipinski definition) is 4. The Labute approximate surface area is 120 Å². The quantitative estimate of drug-likeness (QED) is 0.682. The molecule has 0 saturated carbocycles. The summed E-state index contributed by atoms with van der Waals surface area (Å²) in [4.78, 5) is 0.206. The molecule has 5 nitrogen and oxygen atoms in total. The van der Waals surface area contributed by atoms with E-state index in [2.05, 4.69) is 6.58 Å². The van der Waals surface area contributed by atoms with Gasteiger partial charge in [0.15, 0.2) is 0 Å². The smallest absolute Gasteiger partial charge is 0.243 e. The topological polar surface area (TPSA) is 70.4 Å². The highest BCUT2D eigenvalue weighted by Gasteiger charge is 2.22. The minimum Gasteiger partial charge on any atom is -0.383 e. The first kappa shape index (κ1) is 16.4. The molecule has 0 aliphatic carbocycles. The highest BCUT2D eigenvalue weighted by Crippen LogP contribution is 2.16. The molecular formula is C14H18N2O3S. The number of nitriles is 1. The minimum atomic E-state index is -3.57. The molecule has 0 heterocycles. The fraction of sp³-hybridized carbons (Fsp3) is 0.357. The molecule has 6 heteroatoms. The van der Waals surface area contributed by atoms with E-state index in [1.165, 1.54) is 29.6 Å². The van der Waals surface area contributed by atoms with Crippen molar-refractivity contribution in [3.05, 3.63) is 42.5 Å². The van der Waals surface area contributed by atoms with Crippen LogP contribution in [0.5, 0.6) is 0 Å². The Morgan fingerprint density at radius 3 is 2.55 bits per heavy atom. The third kappa shape index (κ3) is 4.17. The van der Waals surface area contributed by atoms with Crippen LogP contribution < -0.4 is 0 Å². The maximum atomic E-state index is 12.5. The van der Waals surface area contributed by atoms with Gasteiger partial charge in [-0.1, -0.05) is 18.2 Å². The normalized spacial score (nSPS) is 11.2. The summed E-state index contributed by atoms with van der Waals surface area (Å²) >= 11 is 0. The third-order valence-corrected chi connectivity index (χ3v) is 4.60. The average molecular weight is 294 g/mol. The van der Waals surface area contributed by atoms with Crippen molar-refractivity contribution in [2.45, 2.75) is 11.3 Å². The van der Waals surface area contributed by atoms with Crippen molar-refractivity contribution in [2.24, 2.45) is 0 Å². The lowest BCUT2D eigenvalue weighted by Crippen LogP contribution is -2.34. The molecule has 0 aliphatic heterocycles. The molecule has 0 unspecified atom stereocenters. The molecule has 0 aromatic heterocycles. The van der Waals surface area contributed by atoms with Gasteiger partial charge in [0.05, 0.1) is 24.0 Å². The van der Waals surface area contributed by atoms with E-state index >= 15 is 0 Å². The highest BCUT2D eigenvalue weighted by molar-refractivity contribution is 7.89. The molecule has 0 bridgehead atoms. The summed E-state index contributed by atoms with van der Waals surface area (Å²) in [6.07, 6.45) is 1.80. The summed E-state index contributed by atoms with van der Waals surface area (Å²) in [5.74, 6) is 0. The zero-order valence-corrected chi connectivity index (χ0v) is 12.3. The molecule has 0 atom stereocenters. The van der Waals surface area contributed by atoms with Gasteiger partial charge in [0, 0.05) is 20.2 Å². The lowest BCUT2D eigenvalue weighted by atomic mass is 10.2. The van der Waals surface area contributed by atoms with Gasteiger partial charge in [-0.25, -0.2) is 8.42 Å². The molecule has 0 amide bonds. The van der Waals surface area contributed by atoms with Crippen LogP contribution in [-0.2, 0) is 21.2 Å². The lowest BCUT2D eigenvalue weighted by Gasteiger charge is -2.20. The van der Waals surface area contributed by atoms with Crippen molar-refractivity contribution in [1.82, 2.24) is 4.31 Å². The Hall–Kier alpha value is -1.68. The van der Waals surface area contributed by atoms with Gasteiger partial charge in [0.2, 0.25) is 10.0 Å². The molecule has 1 rings (SSSR count). The molecule has 1 aromatic rings. The van der Waals surface area contributed by atoms with Gasteiger partial charge < -0.3 is 4.74 Å². The van der Waals surface area contributed by atoms with Crippen LogP contribution in [0.4, 0.5) is 0 Å². The van der Waals surface area contributed by atoms with Crippen molar-refractivity contribution in [3.63, 3.8) is 0 Å². The Morgan fingerprint density at radius 2 is 2.05 bits per heavy atom. The predicted molar refractivity (Wildman–Crippen MR) is 76.6 cm³/mol. The van der Waals surface area contributed by atoms with E-state index in [0.29, 0.717) is 6.61 Å². The number of methoxy groups -OCH3 is 1. The minimum absolute atomic E-state index is 0.206. The van der Waals surface area contributed by atoms with Crippen LogP contribution in [0, 0.1) is 11.3 Å². The van der Waals surface area contributed by atoms with Crippen LogP contribution in [-0.4, -0.2) is 39.5 Å². The van der Waals surface area contributed by atoms with Crippen LogP contribution in [0.2, 0.25) is 0 Å². The van der Waals surface area contributed by atoms with Crippen LogP contribution in [0.3, 0.4) is 0 Å². The van der Waals surface area contributed by atoms with Gasteiger partial charge in [0.25, 0.3) is 0 Å². The second-order valence-electron chi connectivity index (χ2n) is 4.12. The van der Waals surface area contributed by atoms with Crippen LogP contribution in [0.15, 0.2) is 41.8 Å². The molecule has 108 valence electrons. The number of hydrogen-bond donors (Lipinski definition) is 0. The van der Waals surface area contributed by atoms with Crippen molar-refractivity contribution >= 4 is 10.0 Å². The molecule has 1 aromatic carbocycles. The lowest BCUT2D eigenvalue weighted by molar-refractivity contribution is 0.182. The summed E-state index contributed by atoms with van der Waals surface area (Å²) in [5, 5.41) is 8.60. The van der Waals surface area contributed by atoms with Gasteiger partial charge in [0.1, 0.15) is 0 Å². The fourth-order valence-electron chi connectivity index (χ4n) is 1.67. The van der Waals surface area contributed by atoms with E-state index in [9.17, 15) is 8.42 Å². The second-order valence-corrected chi connectivity index (χ2v) is 6.06. The monoisotopic (exact) mass is 294 g/mol. The zero-order chi connectivity index (χ0) is 15.0. The predicted octanol–water partition coefficient (Wildman–Crippen LogP) is 1.58. The number of ether oxygens (including phenoxy) is 1. The number of sulfonamides is 1. The third-order valence-electron chi connectivity index (χ3n) is 2.72. The summed E-state index contributed by atoms with van der Waals surface area (Å²) in [6.45, 7) is 4.39. The first-order chi connectivity index (χ1) is 9.56. The van der Waals surface area contributed by atoms with E-state index in [-0.39, 0.29) is 24.4 Å². The average Bonchev–Trinajstić information content (AvgIpc) is 2.44. The largest absolute Gasteiger partial charge is 0.383 e. The summed E-state index contributed by atoms with van der Waals surface area (Å²) in [5.41, 5.74) is 0.790. The van der Waals surface area contributed by atoms with Gasteiger partial charge in [-0.2, -0.15) is 9.57 Å². The number of benzene rings is 1. The highest BCUT2D eigenvalue weighted by atomic mass is 32.2. The van der Waals surface area contributed by atoms with E-state index in [1.54, 1.807) is 12.1 Å². The second kappa shape index (κ2) is 7.80. The molecule has 0 spiro atoms. The first-order valence-corrected chi connectivity index (χ1v) is 7.56. The van der Waals surface area contributed by atoms with E-state index < -0.39 is 10.0 Å². The fourth-order valence-corrected chi connectivity index (χ4v) is 3.06. The molecule has 20 heavy (non-hydrogen) atoms. The van der Waals surface area contributed by atoms with Gasteiger partial charge >= 0.3 is 0 Å². The summed E-state index contributed by atoms with van der Waals surface area (Å²) in [7, 11) is -2.04. The Bertz CT molecular complexity index is 573. The van der Waals surface area contributed by atoms with Gasteiger partial charge in [-0.15, -0.1) is 6.58 Å². The van der Waals surface area contributed by atoms with Crippen molar-refractivity contribution in [3.8, 4) is 6.07 Å². The standard InChI is InChI=1S/C14H18N2O3S/c1-3-10-16(11-12-19-2)20(17,18)14-6-4-13(5-7-14)8-9-15/h3-7H,1,8,10-12H2,2H3. The van der Waals surface area contributed by atoms with Crippen LogP contribution >= 0.6 is 0 Å². The maximum absolute atomic E-state index is 12.5. The van der Waals surface area contributed by atoms with Crippen molar-refractivity contribution in [1.29, 1.82) is 5.26 Å². The Kier molecular flexibility index (Phi) is 6.39. The SMILES string of the molecule is C=CCN(CCOC)S(=O)(=O)c1ccc(CC#N)cc1. The van der Waals surface area contributed by atoms with Crippen LogP contribution in [0.1, 0.15) is 5.56 Å². The molecule has 0 N–H and O–H groups in total. The van der Waals surface area contributed by atoms with Crippen molar-refractivity contribution in [2.75, 3.05) is 26.8 Å². The number of nitrogens with zero attached hydrogens (tertiary/aromatic N) is 2. The summed E-state index contributed by atoms with van der Waals surface area (Å²) in [6, 6.07) is 8.36. The first-order valence-electron chi connectivity index (χ1n) is 6.12. The molecule has 0 radical (unpaired) electrons. The maximum Gasteiger partial charge on any atom is 0.243 e. The van der Waals surface area contributed by atoms with Gasteiger partial charge in [-0.05, 0) is 17.7 Å². The molecular weight excluding hydrogens is 276 g/mol. The van der Waals surface area contributed by atoms with E-state index in [0.717, 1.165) is 5.56 Å². The van der Waals surface area contributed by atoms with E-state index in [4.69, 9.17) is 10.00 Å². The Balaban J connectivity index is 2.99. The number of rotatable bonds is 8. The van der Waals surface area contributed by atoms with Gasteiger partial charge in [-0.3, -0.25) is 0 Å². The molecule has 0 aliphatic rings. The molecule has 0 fully saturated rings.